The molecule has 0 unspecified atom stereocenters. The largest absolute Gasteiger partial charge is 0.493 e. The average molecular weight is 346 g/mol. The van der Waals surface area contributed by atoms with Gasteiger partial charge in [0.05, 0.1) is 11.9 Å². The molecule has 0 saturated carbocycles. The van der Waals surface area contributed by atoms with Gasteiger partial charge in [-0.2, -0.15) is 5.10 Å². The van der Waals surface area contributed by atoms with Crippen LogP contribution >= 0.6 is 0 Å². The number of H-pyrrole nitrogens is 1. The number of nitrogens with zero attached hydrogens (tertiary/aromatic N) is 3. The van der Waals surface area contributed by atoms with E-state index < -0.39 is 22.9 Å². The predicted octanol–water partition coefficient (Wildman–Crippen LogP) is 1.58. The highest BCUT2D eigenvalue weighted by atomic mass is 19.1. The van der Waals surface area contributed by atoms with Crippen molar-refractivity contribution in [2.24, 2.45) is 5.10 Å². The first-order chi connectivity index (χ1) is 12.1. The summed E-state index contributed by atoms with van der Waals surface area (Å²) in [5.74, 6) is -0.998. The molecular formula is C17H19FN4O3. The third-order valence-electron chi connectivity index (χ3n) is 4.14. The molecule has 1 saturated heterocycles. The topological polar surface area (TPSA) is 90.7 Å². The van der Waals surface area contributed by atoms with Crippen molar-refractivity contribution >= 4 is 6.21 Å². The summed E-state index contributed by atoms with van der Waals surface area (Å²) in [6.45, 7) is 1.57. The van der Waals surface area contributed by atoms with Crippen LogP contribution in [0.4, 0.5) is 4.39 Å². The zero-order valence-electron chi connectivity index (χ0n) is 13.6. The summed E-state index contributed by atoms with van der Waals surface area (Å²) in [6, 6.07) is 5.00. The fraction of sp³-hybridized carbons (Fsp3) is 0.353. The van der Waals surface area contributed by atoms with Crippen molar-refractivity contribution in [2.45, 2.75) is 25.7 Å². The SMILES string of the molecule is O=c1[nH]c(=O)n(-c2ccc(F)cc2)c(O)c1C=NN1CCCCCC1. The Morgan fingerprint density at radius 3 is 2.36 bits per heavy atom. The van der Waals surface area contributed by atoms with Crippen LogP contribution in [-0.2, 0) is 0 Å². The van der Waals surface area contributed by atoms with Gasteiger partial charge in [-0.15, -0.1) is 0 Å². The van der Waals surface area contributed by atoms with E-state index in [2.05, 4.69) is 10.1 Å². The van der Waals surface area contributed by atoms with Crippen LogP contribution in [0.15, 0.2) is 39.0 Å². The van der Waals surface area contributed by atoms with Crippen LogP contribution in [0.3, 0.4) is 0 Å². The third-order valence-corrected chi connectivity index (χ3v) is 4.14. The molecule has 1 aromatic carbocycles. The number of aromatic nitrogens is 2. The Bertz CT molecular complexity index is 878. The van der Waals surface area contributed by atoms with Crippen molar-refractivity contribution in [1.29, 1.82) is 0 Å². The zero-order valence-corrected chi connectivity index (χ0v) is 13.6. The smallest absolute Gasteiger partial charge is 0.335 e. The molecule has 8 heteroatoms. The highest BCUT2D eigenvalue weighted by molar-refractivity contribution is 5.82. The Morgan fingerprint density at radius 1 is 1.08 bits per heavy atom. The van der Waals surface area contributed by atoms with Gasteiger partial charge in [0, 0.05) is 13.1 Å². The van der Waals surface area contributed by atoms with Gasteiger partial charge in [-0.3, -0.25) is 14.8 Å². The van der Waals surface area contributed by atoms with E-state index in [-0.39, 0.29) is 11.3 Å². The van der Waals surface area contributed by atoms with Crippen LogP contribution in [0.1, 0.15) is 31.2 Å². The van der Waals surface area contributed by atoms with Crippen molar-refractivity contribution in [3.05, 3.63) is 56.5 Å². The summed E-state index contributed by atoms with van der Waals surface area (Å²) < 4.78 is 14.0. The zero-order chi connectivity index (χ0) is 17.8. The lowest BCUT2D eigenvalue weighted by Crippen LogP contribution is -2.31. The fourth-order valence-corrected chi connectivity index (χ4v) is 2.79. The Kier molecular flexibility index (Phi) is 4.97. The summed E-state index contributed by atoms with van der Waals surface area (Å²) in [6.07, 6.45) is 5.60. The molecule has 132 valence electrons. The molecular weight excluding hydrogens is 327 g/mol. The quantitative estimate of drug-likeness (QED) is 0.826. The number of hydrazone groups is 1. The molecule has 2 N–H and O–H groups in total. The number of aromatic hydroxyl groups is 1. The van der Waals surface area contributed by atoms with Crippen LogP contribution in [0.25, 0.3) is 5.69 Å². The molecule has 2 aromatic rings. The molecule has 2 heterocycles. The molecule has 0 amide bonds. The number of hydrogen-bond acceptors (Lipinski definition) is 5. The van der Waals surface area contributed by atoms with E-state index in [9.17, 15) is 19.1 Å². The van der Waals surface area contributed by atoms with Crippen LogP contribution in [0, 0.1) is 5.82 Å². The lowest BCUT2D eigenvalue weighted by atomic mass is 10.2. The second-order valence-electron chi connectivity index (χ2n) is 5.92. The van der Waals surface area contributed by atoms with Gasteiger partial charge in [-0.1, -0.05) is 12.8 Å². The van der Waals surface area contributed by atoms with Crippen LogP contribution in [-0.4, -0.2) is 39.0 Å². The lowest BCUT2D eigenvalue weighted by Gasteiger charge is -2.15. The molecule has 25 heavy (non-hydrogen) atoms. The average Bonchev–Trinajstić information content (AvgIpc) is 2.85. The van der Waals surface area contributed by atoms with Crippen molar-refractivity contribution in [1.82, 2.24) is 14.6 Å². The van der Waals surface area contributed by atoms with Crippen molar-refractivity contribution in [3.8, 4) is 11.6 Å². The number of aromatic amines is 1. The second kappa shape index (κ2) is 7.33. The minimum absolute atomic E-state index is 0.117. The summed E-state index contributed by atoms with van der Waals surface area (Å²) in [4.78, 5) is 26.2. The molecule has 7 nitrogen and oxygen atoms in total. The molecule has 1 aromatic heterocycles. The van der Waals surface area contributed by atoms with Crippen LogP contribution < -0.4 is 11.2 Å². The molecule has 0 bridgehead atoms. The van der Waals surface area contributed by atoms with Crippen LogP contribution in [0.2, 0.25) is 0 Å². The summed E-state index contributed by atoms with van der Waals surface area (Å²) in [5, 5.41) is 16.5. The van der Waals surface area contributed by atoms with Crippen LogP contribution in [0.5, 0.6) is 5.88 Å². The summed E-state index contributed by atoms with van der Waals surface area (Å²) >= 11 is 0. The molecule has 0 spiro atoms. The van der Waals surface area contributed by atoms with Gasteiger partial charge in [0.15, 0.2) is 0 Å². The van der Waals surface area contributed by atoms with Crippen molar-refractivity contribution < 1.29 is 9.50 Å². The minimum Gasteiger partial charge on any atom is -0.493 e. The lowest BCUT2D eigenvalue weighted by molar-refractivity contribution is 0.302. The normalized spacial score (nSPS) is 15.5. The number of hydrogen-bond donors (Lipinski definition) is 2. The van der Waals surface area contributed by atoms with Gasteiger partial charge < -0.3 is 5.11 Å². The van der Waals surface area contributed by atoms with E-state index in [0.717, 1.165) is 55.5 Å². The first-order valence-electron chi connectivity index (χ1n) is 8.19. The number of nitrogens with one attached hydrogen (secondary N) is 1. The van der Waals surface area contributed by atoms with E-state index >= 15 is 0 Å². The van der Waals surface area contributed by atoms with Gasteiger partial charge in [0.25, 0.3) is 5.56 Å². The fourth-order valence-electron chi connectivity index (χ4n) is 2.79. The Balaban J connectivity index is 1.99. The van der Waals surface area contributed by atoms with Crippen molar-refractivity contribution in [2.75, 3.05) is 13.1 Å². The molecule has 1 aliphatic heterocycles. The maximum Gasteiger partial charge on any atom is 0.335 e. The molecule has 0 radical (unpaired) electrons. The van der Waals surface area contributed by atoms with E-state index in [1.54, 1.807) is 0 Å². The minimum atomic E-state index is -0.805. The Labute approximate surface area is 143 Å². The monoisotopic (exact) mass is 346 g/mol. The third kappa shape index (κ3) is 3.78. The van der Waals surface area contributed by atoms with E-state index in [1.165, 1.54) is 18.3 Å². The number of halogens is 1. The molecule has 3 rings (SSSR count). The molecule has 1 aliphatic rings. The Morgan fingerprint density at radius 2 is 1.72 bits per heavy atom. The molecule has 1 fully saturated rings. The highest BCUT2D eigenvalue weighted by Crippen LogP contribution is 2.16. The molecule has 0 aliphatic carbocycles. The van der Waals surface area contributed by atoms with Gasteiger partial charge in [0.2, 0.25) is 5.88 Å². The van der Waals surface area contributed by atoms with Gasteiger partial charge in [-0.05, 0) is 37.1 Å². The number of benzene rings is 1. The second-order valence-corrected chi connectivity index (χ2v) is 5.92. The summed E-state index contributed by atoms with van der Waals surface area (Å²) in [5.41, 5.74) is -1.40. The maximum atomic E-state index is 13.1. The van der Waals surface area contributed by atoms with E-state index in [0.29, 0.717) is 0 Å². The van der Waals surface area contributed by atoms with Gasteiger partial charge in [0.1, 0.15) is 11.4 Å². The van der Waals surface area contributed by atoms with E-state index in [1.807, 2.05) is 5.01 Å². The summed E-state index contributed by atoms with van der Waals surface area (Å²) in [7, 11) is 0. The van der Waals surface area contributed by atoms with Crippen molar-refractivity contribution in [3.63, 3.8) is 0 Å². The van der Waals surface area contributed by atoms with Gasteiger partial charge >= 0.3 is 5.69 Å². The highest BCUT2D eigenvalue weighted by Gasteiger charge is 2.15. The maximum absolute atomic E-state index is 13.1. The molecule has 0 atom stereocenters. The first-order valence-corrected chi connectivity index (χ1v) is 8.19. The standard InChI is InChI=1S/C17H19FN4O3/c18-12-5-7-13(8-6-12)22-16(24)14(15(23)20-17(22)25)11-19-21-9-3-1-2-4-10-21/h5-8,11,24H,1-4,9-10H2,(H,20,23,25). The predicted molar refractivity (Wildman–Crippen MR) is 91.9 cm³/mol. The number of rotatable bonds is 3. The first kappa shape index (κ1) is 16.9. The van der Waals surface area contributed by atoms with E-state index in [4.69, 9.17) is 0 Å². The Hall–Kier alpha value is -2.90. The van der Waals surface area contributed by atoms with Gasteiger partial charge in [-0.25, -0.2) is 13.8 Å².